The summed E-state index contributed by atoms with van der Waals surface area (Å²) in [7, 11) is 4.65. The summed E-state index contributed by atoms with van der Waals surface area (Å²) in [4.78, 5) is 11.8. The van der Waals surface area contributed by atoms with Crippen molar-refractivity contribution < 1.29 is 14.2 Å². The van der Waals surface area contributed by atoms with Crippen LogP contribution in [0.5, 0.6) is 17.5 Å². The van der Waals surface area contributed by atoms with E-state index in [4.69, 9.17) is 14.2 Å². The maximum absolute atomic E-state index is 11.8. The summed E-state index contributed by atoms with van der Waals surface area (Å²) in [6.45, 7) is 0.633. The molecular formula is C13H17N3O4. The molecule has 0 spiro atoms. The van der Waals surface area contributed by atoms with E-state index >= 15 is 0 Å². The predicted octanol–water partition coefficient (Wildman–Crippen LogP) is 0.678. The van der Waals surface area contributed by atoms with Crippen molar-refractivity contribution in [3.05, 3.63) is 34.7 Å². The Morgan fingerprint density at radius 3 is 2.45 bits per heavy atom. The van der Waals surface area contributed by atoms with E-state index in [9.17, 15) is 4.79 Å². The zero-order valence-corrected chi connectivity index (χ0v) is 11.7. The van der Waals surface area contributed by atoms with Gasteiger partial charge in [-0.1, -0.05) is 12.1 Å². The molecule has 0 radical (unpaired) electrons. The topological polar surface area (TPSA) is 67.5 Å². The van der Waals surface area contributed by atoms with Gasteiger partial charge in [0, 0.05) is 7.05 Å². The van der Waals surface area contributed by atoms with Gasteiger partial charge in [0.1, 0.15) is 6.61 Å². The molecular weight excluding hydrogens is 262 g/mol. The van der Waals surface area contributed by atoms with Crippen LogP contribution in [-0.4, -0.2) is 35.2 Å². The lowest BCUT2D eigenvalue weighted by Gasteiger charge is -2.09. The van der Waals surface area contributed by atoms with Crippen LogP contribution in [0, 0.1) is 0 Å². The van der Waals surface area contributed by atoms with Gasteiger partial charge in [0.25, 0.3) is 0 Å². The summed E-state index contributed by atoms with van der Waals surface area (Å²) in [6.07, 6.45) is 0. The van der Waals surface area contributed by atoms with Crippen molar-refractivity contribution >= 4 is 0 Å². The third-order valence-electron chi connectivity index (χ3n) is 2.81. The van der Waals surface area contributed by atoms with Gasteiger partial charge in [-0.3, -0.25) is 0 Å². The Hall–Kier alpha value is -2.44. The van der Waals surface area contributed by atoms with Gasteiger partial charge in [-0.25, -0.2) is 14.0 Å². The molecule has 0 atom stereocenters. The van der Waals surface area contributed by atoms with Gasteiger partial charge in [0.2, 0.25) is 0 Å². The fourth-order valence-corrected chi connectivity index (χ4v) is 1.77. The van der Waals surface area contributed by atoms with E-state index in [1.165, 1.54) is 16.4 Å². The smallest absolute Gasteiger partial charge is 0.348 e. The van der Waals surface area contributed by atoms with E-state index in [0.29, 0.717) is 24.7 Å². The average Bonchev–Trinajstić information content (AvgIpc) is 2.75. The maximum Gasteiger partial charge on any atom is 0.348 e. The highest BCUT2D eigenvalue weighted by atomic mass is 16.5. The molecule has 0 unspecified atom stereocenters. The van der Waals surface area contributed by atoms with Crippen molar-refractivity contribution in [2.45, 2.75) is 6.54 Å². The molecule has 0 fully saturated rings. The first-order valence-corrected chi connectivity index (χ1v) is 6.11. The fourth-order valence-electron chi connectivity index (χ4n) is 1.77. The van der Waals surface area contributed by atoms with E-state index in [0.717, 1.165) is 0 Å². The standard InChI is InChI=1S/C13H17N3O4/c1-15-12(19-3)14-16(13(15)17)8-9-20-11-7-5-4-6-10(11)18-2/h4-7H,8-9H2,1-3H3. The number of ether oxygens (including phenoxy) is 3. The number of nitrogens with zero attached hydrogens (tertiary/aromatic N) is 3. The summed E-state index contributed by atoms with van der Waals surface area (Å²) in [6, 6.07) is 7.60. The van der Waals surface area contributed by atoms with Gasteiger partial charge < -0.3 is 14.2 Å². The number of aromatic nitrogens is 3. The van der Waals surface area contributed by atoms with Crippen LogP contribution < -0.4 is 19.9 Å². The molecule has 0 bridgehead atoms. The molecule has 7 nitrogen and oxygen atoms in total. The second-order valence-corrected chi connectivity index (χ2v) is 4.05. The third kappa shape index (κ3) is 2.76. The Labute approximate surface area is 116 Å². The molecule has 0 aliphatic rings. The van der Waals surface area contributed by atoms with Crippen molar-refractivity contribution in [3.8, 4) is 17.5 Å². The van der Waals surface area contributed by atoms with Crippen LogP contribution in [-0.2, 0) is 13.6 Å². The van der Waals surface area contributed by atoms with Gasteiger partial charge >= 0.3 is 11.7 Å². The van der Waals surface area contributed by atoms with Gasteiger partial charge in [0.05, 0.1) is 20.8 Å². The van der Waals surface area contributed by atoms with Gasteiger partial charge in [-0.15, -0.1) is 5.10 Å². The minimum absolute atomic E-state index is 0.245. The molecule has 1 aromatic heterocycles. The summed E-state index contributed by atoms with van der Waals surface area (Å²) in [5.41, 5.74) is -0.245. The van der Waals surface area contributed by atoms with Crippen LogP contribution in [0.1, 0.15) is 0 Å². The molecule has 2 rings (SSSR count). The summed E-state index contributed by atoms with van der Waals surface area (Å²) in [5.74, 6) is 1.28. The lowest BCUT2D eigenvalue weighted by molar-refractivity contribution is 0.270. The SMILES string of the molecule is COc1ccccc1OCCn1nc(OC)n(C)c1=O. The van der Waals surface area contributed by atoms with E-state index in [2.05, 4.69) is 5.10 Å². The van der Waals surface area contributed by atoms with E-state index in [1.54, 1.807) is 20.2 Å². The van der Waals surface area contributed by atoms with Gasteiger partial charge in [-0.05, 0) is 12.1 Å². The van der Waals surface area contributed by atoms with Crippen molar-refractivity contribution in [2.24, 2.45) is 7.05 Å². The zero-order valence-electron chi connectivity index (χ0n) is 11.7. The Bertz CT molecular complexity index is 633. The molecule has 0 aliphatic heterocycles. The van der Waals surface area contributed by atoms with E-state index in [1.807, 2.05) is 18.2 Å². The minimum Gasteiger partial charge on any atom is -0.493 e. The van der Waals surface area contributed by atoms with Crippen LogP contribution in [0.4, 0.5) is 0 Å². The lowest BCUT2D eigenvalue weighted by atomic mass is 10.3. The average molecular weight is 279 g/mol. The third-order valence-corrected chi connectivity index (χ3v) is 2.81. The van der Waals surface area contributed by atoms with E-state index in [-0.39, 0.29) is 11.7 Å². The van der Waals surface area contributed by atoms with Crippen molar-refractivity contribution in [1.82, 2.24) is 14.3 Å². The zero-order chi connectivity index (χ0) is 14.5. The van der Waals surface area contributed by atoms with Crippen LogP contribution in [0.3, 0.4) is 0 Å². The van der Waals surface area contributed by atoms with E-state index < -0.39 is 0 Å². The Kier molecular flexibility index (Phi) is 4.29. The lowest BCUT2D eigenvalue weighted by Crippen LogP contribution is -2.25. The molecule has 20 heavy (non-hydrogen) atoms. The Morgan fingerprint density at radius 1 is 1.15 bits per heavy atom. The molecule has 0 saturated carbocycles. The van der Waals surface area contributed by atoms with Crippen LogP contribution in [0.15, 0.2) is 29.1 Å². The van der Waals surface area contributed by atoms with Crippen LogP contribution in [0.2, 0.25) is 0 Å². The number of hydrogen-bond donors (Lipinski definition) is 0. The molecule has 0 saturated heterocycles. The summed E-state index contributed by atoms with van der Waals surface area (Å²) < 4.78 is 18.4. The number of benzene rings is 1. The fraction of sp³-hybridized carbons (Fsp3) is 0.385. The molecule has 0 aliphatic carbocycles. The molecule has 1 heterocycles. The number of methoxy groups -OCH3 is 2. The molecule has 108 valence electrons. The molecule has 0 N–H and O–H groups in total. The highest BCUT2D eigenvalue weighted by molar-refractivity contribution is 5.39. The number of hydrogen-bond acceptors (Lipinski definition) is 5. The first-order valence-electron chi connectivity index (χ1n) is 6.11. The summed E-state index contributed by atoms with van der Waals surface area (Å²) >= 11 is 0. The second kappa shape index (κ2) is 6.14. The molecule has 0 amide bonds. The maximum atomic E-state index is 11.8. The number of rotatable bonds is 6. The highest BCUT2D eigenvalue weighted by Crippen LogP contribution is 2.25. The first-order chi connectivity index (χ1) is 9.67. The minimum atomic E-state index is -0.245. The van der Waals surface area contributed by atoms with Gasteiger partial charge in [0.15, 0.2) is 11.5 Å². The highest BCUT2D eigenvalue weighted by Gasteiger charge is 2.10. The van der Waals surface area contributed by atoms with Gasteiger partial charge in [-0.2, -0.15) is 0 Å². The molecule has 1 aromatic carbocycles. The van der Waals surface area contributed by atoms with Crippen molar-refractivity contribution in [1.29, 1.82) is 0 Å². The monoisotopic (exact) mass is 279 g/mol. The quantitative estimate of drug-likeness (QED) is 0.777. The largest absolute Gasteiger partial charge is 0.493 e. The Balaban J connectivity index is 2.01. The van der Waals surface area contributed by atoms with Crippen LogP contribution in [0.25, 0.3) is 0 Å². The van der Waals surface area contributed by atoms with Crippen molar-refractivity contribution in [2.75, 3.05) is 20.8 Å². The predicted molar refractivity (Wildman–Crippen MR) is 72.5 cm³/mol. The number of para-hydroxylation sites is 2. The summed E-state index contributed by atoms with van der Waals surface area (Å²) in [5, 5.41) is 4.04. The van der Waals surface area contributed by atoms with Crippen LogP contribution >= 0.6 is 0 Å². The van der Waals surface area contributed by atoms with Crippen molar-refractivity contribution in [3.63, 3.8) is 0 Å². The normalized spacial score (nSPS) is 10.3. The molecule has 7 heteroatoms. The second-order valence-electron chi connectivity index (χ2n) is 4.05. The molecule has 2 aromatic rings. The first kappa shape index (κ1) is 14.0. The Morgan fingerprint density at radius 2 is 1.85 bits per heavy atom.